The van der Waals surface area contributed by atoms with Crippen LogP contribution in [0, 0.1) is 0 Å². The van der Waals surface area contributed by atoms with E-state index in [2.05, 4.69) is 10.1 Å². The molecule has 0 bridgehead atoms. The van der Waals surface area contributed by atoms with Crippen molar-refractivity contribution in [2.45, 2.75) is 4.90 Å². The van der Waals surface area contributed by atoms with Crippen LogP contribution in [-0.4, -0.2) is 52.4 Å². The number of carbonyl (C=O) groups excluding carboxylic acids is 2. The third kappa shape index (κ3) is 5.00. The van der Waals surface area contributed by atoms with Gasteiger partial charge in [0.05, 0.1) is 26.3 Å². The largest absolute Gasteiger partial charge is 0.495 e. The molecule has 28 heavy (non-hydrogen) atoms. The summed E-state index contributed by atoms with van der Waals surface area (Å²) in [7, 11) is -0.130. The summed E-state index contributed by atoms with van der Waals surface area (Å²) in [6.07, 6.45) is 0. The van der Waals surface area contributed by atoms with Crippen LogP contribution < -0.4 is 10.1 Å². The molecule has 2 rings (SSSR count). The van der Waals surface area contributed by atoms with E-state index >= 15 is 0 Å². The first-order chi connectivity index (χ1) is 13.2. The van der Waals surface area contributed by atoms with E-state index in [1.165, 1.54) is 63.7 Å². The highest BCUT2D eigenvalue weighted by atomic mass is 35.5. The van der Waals surface area contributed by atoms with Crippen LogP contribution >= 0.6 is 11.6 Å². The molecule has 0 unspecified atom stereocenters. The number of benzene rings is 2. The fourth-order valence-corrected chi connectivity index (χ4v) is 3.86. The van der Waals surface area contributed by atoms with Crippen molar-refractivity contribution >= 4 is 39.2 Å². The van der Waals surface area contributed by atoms with E-state index in [9.17, 15) is 18.0 Å². The quantitative estimate of drug-likeness (QED) is 0.682. The third-order valence-electron chi connectivity index (χ3n) is 3.77. The lowest BCUT2D eigenvalue weighted by atomic mass is 10.2. The first-order valence-corrected chi connectivity index (χ1v) is 9.79. The van der Waals surface area contributed by atoms with Gasteiger partial charge in [-0.15, -0.1) is 0 Å². The molecular weight excluding hydrogens is 408 g/mol. The summed E-state index contributed by atoms with van der Waals surface area (Å²) in [6.45, 7) is -0.434. The van der Waals surface area contributed by atoms with E-state index < -0.39 is 28.4 Å². The summed E-state index contributed by atoms with van der Waals surface area (Å²) in [5.74, 6) is -0.938. The van der Waals surface area contributed by atoms with Gasteiger partial charge < -0.3 is 14.8 Å². The molecule has 10 heteroatoms. The Balaban J connectivity index is 2.11. The van der Waals surface area contributed by atoms with Crippen molar-refractivity contribution in [3.8, 4) is 5.75 Å². The Bertz CT molecular complexity index is 976. The maximum atomic E-state index is 12.8. The van der Waals surface area contributed by atoms with Crippen molar-refractivity contribution in [1.29, 1.82) is 0 Å². The Morgan fingerprint density at radius 3 is 2.32 bits per heavy atom. The van der Waals surface area contributed by atoms with Gasteiger partial charge in [-0.05, 0) is 42.5 Å². The topological polar surface area (TPSA) is 102 Å². The number of rotatable bonds is 7. The molecule has 8 nitrogen and oxygen atoms in total. The fraction of sp³-hybridized carbons (Fsp3) is 0.222. The number of amides is 1. The number of methoxy groups -OCH3 is 2. The highest BCUT2D eigenvalue weighted by molar-refractivity contribution is 7.89. The van der Waals surface area contributed by atoms with Crippen molar-refractivity contribution in [2.24, 2.45) is 0 Å². The molecule has 2 aromatic carbocycles. The molecule has 0 saturated heterocycles. The monoisotopic (exact) mass is 426 g/mol. The van der Waals surface area contributed by atoms with Gasteiger partial charge in [-0.2, -0.15) is 4.31 Å². The zero-order valence-electron chi connectivity index (χ0n) is 15.4. The smallest absolute Gasteiger partial charge is 0.337 e. The first kappa shape index (κ1) is 21.7. The second kappa shape index (κ2) is 9.05. The number of likely N-dealkylation sites (N-methyl/N-ethyl adjacent to an activating group) is 1. The van der Waals surface area contributed by atoms with Gasteiger partial charge in [-0.1, -0.05) is 11.6 Å². The zero-order valence-corrected chi connectivity index (χ0v) is 17.0. The van der Waals surface area contributed by atoms with Crippen LogP contribution in [0.4, 0.5) is 5.69 Å². The van der Waals surface area contributed by atoms with E-state index in [0.717, 1.165) is 4.31 Å². The van der Waals surface area contributed by atoms with Crippen LogP contribution in [0.5, 0.6) is 5.75 Å². The second-order valence-corrected chi connectivity index (χ2v) is 8.12. The average molecular weight is 427 g/mol. The molecular formula is C18H19ClN2O6S. The van der Waals surface area contributed by atoms with Crippen LogP contribution in [0.3, 0.4) is 0 Å². The second-order valence-electron chi connectivity index (χ2n) is 5.67. The first-order valence-electron chi connectivity index (χ1n) is 7.97. The van der Waals surface area contributed by atoms with E-state index in [0.29, 0.717) is 11.3 Å². The van der Waals surface area contributed by atoms with Gasteiger partial charge in [-0.25, -0.2) is 13.2 Å². The lowest BCUT2D eigenvalue weighted by Gasteiger charge is -2.18. The highest BCUT2D eigenvalue weighted by Crippen LogP contribution is 2.29. The summed E-state index contributed by atoms with van der Waals surface area (Å²) < 4.78 is 36.1. The normalized spacial score (nSPS) is 11.2. The third-order valence-corrected chi connectivity index (χ3v) is 5.83. The van der Waals surface area contributed by atoms with Crippen LogP contribution in [-0.2, 0) is 19.6 Å². The number of anilines is 1. The van der Waals surface area contributed by atoms with Crippen LogP contribution in [0.15, 0.2) is 47.4 Å². The molecule has 0 saturated carbocycles. The molecule has 0 spiro atoms. The number of nitrogens with zero attached hydrogens (tertiary/aromatic N) is 1. The maximum Gasteiger partial charge on any atom is 0.337 e. The number of hydrogen-bond acceptors (Lipinski definition) is 6. The number of esters is 1. The molecule has 1 amide bonds. The molecule has 0 radical (unpaired) electrons. The SMILES string of the molecule is COC(=O)c1ccc(NC(=O)CN(C)S(=O)(=O)c2cc(Cl)ccc2OC)cc1. The van der Waals surface area contributed by atoms with E-state index in [1.807, 2.05) is 0 Å². The molecule has 0 atom stereocenters. The molecule has 0 fully saturated rings. The molecule has 0 heterocycles. The predicted octanol–water partition coefficient (Wildman–Crippen LogP) is 2.39. The summed E-state index contributed by atoms with van der Waals surface area (Å²) in [5.41, 5.74) is 0.733. The van der Waals surface area contributed by atoms with Gasteiger partial charge >= 0.3 is 5.97 Å². The summed E-state index contributed by atoms with van der Waals surface area (Å²) >= 11 is 5.89. The Labute approximate surface area is 168 Å². The summed E-state index contributed by atoms with van der Waals surface area (Å²) in [6, 6.07) is 10.2. The Morgan fingerprint density at radius 1 is 1.11 bits per heavy atom. The lowest BCUT2D eigenvalue weighted by molar-refractivity contribution is -0.116. The number of carbonyl (C=O) groups is 2. The van der Waals surface area contributed by atoms with Crippen molar-refractivity contribution in [3.63, 3.8) is 0 Å². The van der Waals surface area contributed by atoms with Crippen molar-refractivity contribution in [1.82, 2.24) is 4.31 Å². The van der Waals surface area contributed by atoms with Gasteiger partial charge in [-0.3, -0.25) is 4.79 Å². The minimum atomic E-state index is -4.01. The molecule has 0 aliphatic heterocycles. The molecule has 0 aromatic heterocycles. The average Bonchev–Trinajstić information content (AvgIpc) is 2.67. The number of halogens is 1. The van der Waals surface area contributed by atoms with Crippen molar-refractivity contribution in [2.75, 3.05) is 33.1 Å². The van der Waals surface area contributed by atoms with Crippen LogP contribution in [0.25, 0.3) is 0 Å². The standard InChI is InChI=1S/C18H19ClN2O6S/c1-21(28(24,25)16-10-13(19)6-9-15(16)26-2)11-17(22)20-14-7-4-12(5-8-14)18(23)27-3/h4-10H,11H2,1-3H3,(H,20,22). The minimum Gasteiger partial charge on any atom is -0.495 e. The fourth-order valence-electron chi connectivity index (χ4n) is 2.32. The zero-order chi connectivity index (χ0) is 20.9. The molecule has 0 aliphatic carbocycles. The molecule has 150 valence electrons. The van der Waals surface area contributed by atoms with Crippen molar-refractivity contribution < 1.29 is 27.5 Å². The van der Waals surface area contributed by atoms with E-state index in [4.69, 9.17) is 16.3 Å². The van der Waals surface area contributed by atoms with Gasteiger partial charge in [0.2, 0.25) is 15.9 Å². The van der Waals surface area contributed by atoms with Crippen molar-refractivity contribution in [3.05, 3.63) is 53.1 Å². The highest BCUT2D eigenvalue weighted by Gasteiger charge is 2.27. The lowest BCUT2D eigenvalue weighted by Crippen LogP contribution is -2.35. The van der Waals surface area contributed by atoms with E-state index in [-0.39, 0.29) is 15.7 Å². The van der Waals surface area contributed by atoms with Gasteiger partial charge in [0.15, 0.2) is 0 Å². The number of hydrogen-bond donors (Lipinski definition) is 1. The summed E-state index contributed by atoms with van der Waals surface area (Å²) in [4.78, 5) is 23.5. The number of sulfonamides is 1. The Morgan fingerprint density at radius 2 is 1.75 bits per heavy atom. The Kier molecular flexibility index (Phi) is 7.00. The molecule has 1 N–H and O–H groups in total. The number of nitrogens with one attached hydrogen (secondary N) is 1. The summed E-state index contributed by atoms with van der Waals surface area (Å²) in [5, 5.41) is 2.79. The number of ether oxygens (including phenoxy) is 2. The van der Waals surface area contributed by atoms with Crippen LogP contribution in [0.2, 0.25) is 5.02 Å². The van der Waals surface area contributed by atoms with Gasteiger partial charge in [0.25, 0.3) is 0 Å². The predicted molar refractivity (Wildman–Crippen MR) is 104 cm³/mol. The van der Waals surface area contributed by atoms with E-state index in [1.54, 1.807) is 0 Å². The van der Waals surface area contributed by atoms with Gasteiger partial charge in [0.1, 0.15) is 10.6 Å². The minimum absolute atomic E-state index is 0.120. The van der Waals surface area contributed by atoms with Crippen LogP contribution in [0.1, 0.15) is 10.4 Å². The maximum absolute atomic E-state index is 12.8. The van der Waals surface area contributed by atoms with Gasteiger partial charge in [0, 0.05) is 17.8 Å². The molecule has 2 aromatic rings. The Hall–Kier alpha value is -2.62. The molecule has 0 aliphatic rings.